The number of carbonyl (C=O) groups excluding carboxylic acids is 1. The lowest BCUT2D eigenvalue weighted by atomic mass is 10.2. The van der Waals surface area contributed by atoms with Crippen molar-refractivity contribution >= 4 is 23.2 Å². The van der Waals surface area contributed by atoms with Crippen molar-refractivity contribution < 1.29 is 9.53 Å². The van der Waals surface area contributed by atoms with Crippen LogP contribution in [0, 0.1) is 0 Å². The van der Waals surface area contributed by atoms with Crippen LogP contribution in [0.4, 0.5) is 5.69 Å². The number of hydrogen-bond donors (Lipinski definition) is 0. The normalized spacial score (nSPS) is 14.9. The molecule has 0 unspecified atom stereocenters. The maximum Gasteiger partial charge on any atom is 0.236 e. The molecule has 0 aromatic heterocycles. The predicted octanol–water partition coefficient (Wildman–Crippen LogP) is 3.13. The SMILES string of the molecule is COc1ccccc1CN(C)C(=O)CN1CCN(c2ccccc2Cl)CC1. The molecule has 0 radical (unpaired) electrons. The van der Waals surface area contributed by atoms with Gasteiger partial charge in [0.25, 0.3) is 0 Å². The van der Waals surface area contributed by atoms with E-state index in [-0.39, 0.29) is 5.91 Å². The van der Waals surface area contributed by atoms with Gasteiger partial charge in [-0.1, -0.05) is 41.9 Å². The standard InChI is InChI=1S/C21H26ClN3O2/c1-23(15-17-7-3-6-10-20(17)27-2)21(26)16-24-11-13-25(14-12-24)19-9-5-4-8-18(19)22/h3-10H,11-16H2,1-2H3. The average Bonchev–Trinajstić information content (AvgIpc) is 2.69. The molecule has 0 saturated carbocycles. The highest BCUT2D eigenvalue weighted by atomic mass is 35.5. The molecule has 1 saturated heterocycles. The van der Waals surface area contributed by atoms with E-state index in [1.165, 1.54) is 0 Å². The second kappa shape index (κ2) is 9.11. The van der Waals surface area contributed by atoms with E-state index in [2.05, 4.69) is 9.80 Å². The number of nitrogens with zero attached hydrogens (tertiary/aromatic N) is 3. The predicted molar refractivity (Wildman–Crippen MR) is 110 cm³/mol. The maximum absolute atomic E-state index is 12.6. The molecule has 0 atom stereocenters. The number of hydrogen-bond acceptors (Lipinski definition) is 4. The lowest BCUT2D eigenvalue weighted by Gasteiger charge is -2.36. The van der Waals surface area contributed by atoms with Gasteiger partial charge < -0.3 is 14.5 Å². The van der Waals surface area contributed by atoms with Crippen molar-refractivity contribution in [2.45, 2.75) is 6.54 Å². The molecule has 144 valence electrons. The molecular weight excluding hydrogens is 362 g/mol. The van der Waals surface area contributed by atoms with Gasteiger partial charge in [0.05, 0.1) is 24.4 Å². The fourth-order valence-corrected chi connectivity index (χ4v) is 3.60. The number of benzene rings is 2. The minimum absolute atomic E-state index is 0.118. The van der Waals surface area contributed by atoms with Gasteiger partial charge in [-0.3, -0.25) is 9.69 Å². The summed E-state index contributed by atoms with van der Waals surface area (Å²) < 4.78 is 5.37. The third kappa shape index (κ3) is 4.93. The van der Waals surface area contributed by atoms with Gasteiger partial charge >= 0.3 is 0 Å². The third-order valence-corrected chi connectivity index (χ3v) is 5.27. The van der Waals surface area contributed by atoms with Crippen molar-refractivity contribution in [2.75, 3.05) is 51.8 Å². The zero-order valence-corrected chi connectivity index (χ0v) is 16.7. The monoisotopic (exact) mass is 387 g/mol. The van der Waals surface area contributed by atoms with E-state index in [9.17, 15) is 4.79 Å². The van der Waals surface area contributed by atoms with Crippen LogP contribution in [0.15, 0.2) is 48.5 Å². The molecule has 0 bridgehead atoms. The van der Waals surface area contributed by atoms with Crippen LogP contribution in [0.25, 0.3) is 0 Å². The van der Waals surface area contributed by atoms with Gasteiger partial charge in [-0.2, -0.15) is 0 Å². The van der Waals surface area contributed by atoms with Gasteiger partial charge in [0.2, 0.25) is 5.91 Å². The summed E-state index contributed by atoms with van der Waals surface area (Å²) in [6.45, 7) is 4.41. The van der Waals surface area contributed by atoms with Crippen LogP contribution in [0.5, 0.6) is 5.75 Å². The first-order chi connectivity index (χ1) is 13.1. The summed E-state index contributed by atoms with van der Waals surface area (Å²) in [7, 11) is 3.49. The molecule has 2 aromatic rings. The van der Waals surface area contributed by atoms with Crippen molar-refractivity contribution in [3.63, 3.8) is 0 Å². The zero-order chi connectivity index (χ0) is 19.2. The smallest absolute Gasteiger partial charge is 0.236 e. The summed E-state index contributed by atoms with van der Waals surface area (Å²) in [6.07, 6.45) is 0. The van der Waals surface area contributed by atoms with Crippen molar-refractivity contribution in [1.82, 2.24) is 9.80 Å². The lowest BCUT2D eigenvalue weighted by Crippen LogP contribution is -2.49. The molecule has 2 aromatic carbocycles. The largest absolute Gasteiger partial charge is 0.496 e. The van der Waals surface area contributed by atoms with Gasteiger partial charge in [-0.15, -0.1) is 0 Å². The first-order valence-corrected chi connectivity index (χ1v) is 9.54. The molecular formula is C21H26ClN3O2. The van der Waals surface area contributed by atoms with Crippen LogP contribution >= 0.6 is 11.6 Å². The highest BCUT2D eigenvalue weighted by molar-refractivity contribution is 6.33. The Hall–Kier alpha value is -2.24. The van der Waals surface area contributed by atoms with E-state index in [1.807, 2.05) is 55.6 Å². The van der Waals surface area contributed by atoms with Gasteiger partial charge in [0, 0.05) is 45.3 Å². The van der Waals surface area contributed by atoms with Crippen molar-refractivity contribution in [3.8, 4) is 5.75 Å². The zero-order valence-electron chi connectivity index (χ0n) is 15.9. The highest BCUT2D eigenvalue weighted by Gasteiger charge is 2.22. The van der Waals surface area contributed by atoms with Crippen molar-refractivity contribution in [1.29, 1.82) is 0 Å². The Morgan fingerprint density at radius 3 is 2.44 bits per heavy atom. The van der Waals surface area contributed by atoms with Crippen molar-refractivity contribution in [3.05, 3.63) is 59.1 Å². The number of rotatable bonds is 6. The number of ether oxygens (including phenoxy) is 1. The third-order valence-electron chi connectivity index (χ3n) is 4.95. The number of carbonyl (C=O) groups is 1. The Morgan fingerprint density at radius 1 is 1.07 bits per heavy atom. The molecule has 1 aliphatic rings. The number of halogens is 1. The minimum atomic E-state index is 0.118. The lowest BCUT2D eigenvalue weighted by molar-refractivity contribution is -0.131. The van der Waals surface area contributed by atoms with Gasteiger partial charge in [-0.05, 0) is 18.2 Å². The van der Waals surface area contributed by atoms with Crippen LogP contribution in [0.1, 0.15) is 5.56 Å². The number of para-hydroxylation sites is 2. The Labute approximate surface area is 166 Å². The number of anilines is 1. The number of amides is 1. The van der Waals surface area contributed by atoms with E-state index < -0.39 is 0 Å². The molecule has 1 aliphatic heterocycles. The second-order valence-electron chi connectivity index (χ2n) is 6.78. The van der Waals surface area contributed by atoms with Gasteiger partial charge in [0.1, 0.15) is 5.75 Å². The number of likely N-dealkylation sites (N-methyl/N-ethyl adjacent to an activating group) is 1. The minimum Gasteiger partial charge on any atom is -0.496 e. The van der Waals surface area contributed by atoms with Crippen LogP contribution in [0.2, 0.25) is 5.02 Å². The van der Waals surface area contributed by atoms with Gasteiger partial charge in [-0.25, -0.2) is 0 Å². The molecule has 1 amide bonds. The Morgan fingerprint density at radius 2 is 1.74 bits per heavy atom. The first kappa shape index (κ1) is 19.5. The molecule has 0 N–H and O–H groups in total. The summed E-state index contributed by atoms with van der Waals surface area (Å²) in [5.74, 6) is 0.928. The summed E-state index contributed by atoms with van der Waals surface area (Å²) in [6, 6.07) is 15.7. The summed E-state index contributed by atoms with van der Waals surface area (Å²) in [5.41, 5.74) is 2.08. The highest BCUT2D eigenvalue weighted by Crippen LogP contribution is 2.26. The summed E-state index contributed by atoms with van der Waals surface area (Å²) in [5, 5.41) is 0.776. The fraction of sp³-hybridized carbons (Fsp3) is 0.381. The van der Waals surface area contributed by atoms with E-state index >= 15 is 0 Å². The van der Waals surface area contributed by atoms with E-state index in [0.29, 0.717) is 13.1 Å². The number of methoxy groups -OCH3 is 1. The maximum atomic E-state index is 12.6. The summed E-state index contributed by atoms with van der Waals surface area (Å²) >= 11 is 6.30. The van der Waals surface area contributed by atoms with E-state index in [1.54, 1.807) is 12.0 Å². The molecule has 0 spiro atoms. The first-order valence-electron chi connectivity index (χ1n) is 9.16. The quantitative estimate of drug-likeness (QED) is 0.763. The molecule has 6 heteroatoms. The van der Waals surface area contributed by atoms with Crippen LogP contribution in [-0.4, -0.2) is 62.6 Å². The van der Waals surface area contributed by atoms with E-state index in [0.717, 1.165) is 48.2 Å². The molecule has 1 heterocycles. The molecule has 5 nitrogen and oxygen atoms in total. The van der Waals surface area contributed by atoms with E-state index in [4.69, 9.17) is 16.3 Å². The Kier molecular flexibility index (Phi) is 6.58. The molecule has 1 fully saturated rings. The Bertz CT molecular complexity index is 776. The fourth-order valence-electron chi connectivity index (χ4n) is 3.34. The van der Waals surface area contributed by atoms with Gasteiger partial charge in [0.15, 0.2) is 0 Å². The average molecular weight is 388 g/mol. The second-order valence-corrected chi connectivity index (χ2v) is 7.18. The van der Waals surface area contributed by atoms with Crippen LogP contribution in [0.3, 0.4) is 0 Å². The van der Waals surface area contributed by atoms with Crippen LogP contribution in [-0.2, 0) is 11.3 Å². The van der Waals surface area contributed by atoms with Crippen LogP contribution < -0.4 is 9.64 Å². The topological polar surface area (TPSA) is 36.0 Å². The Balaban J connectivity index is 1.51. The molecule has 0 aliphatic carbocycles. The molecule has 3 rings (SSSR count). The van der Waals surface area contributed by atoms with Crippen molar-refractivity contribution in [2.24, 2.45) is 0 Å². The summed E-state index contributed by atoms with van der Waals surface area (Å²) in [4.78, 5) is 18.9. The molecule has 27 heavy (non-hydrogen) atoms. The number of piperazine rings is 1.